The number of fused-ring (bicyclic) bond motifs is 1. The quantitative estimate of drug-likeness (QED) is 0.306. The van der Waals surface area contributed by atoms with Gasteiger partial charge in [0.25, 0.3) is 0 Å². The van der Waals surface area contributed by atoms with E-state index in [1.165, 1.54) is 5.56 Å². The first-order valence-electron chi connectivity index (χ1n) is 10.4. The number of guanidine groups is 1. The van der Waals surface area contributed by atoms with Gasteiger partial charge in [-0.15, -0.1) is 0 Å². The van der Waals surface area contributed by atoms with Crippen molar-refractivity contribution in [3.05, 3.63) is 65.6 Å². The molecule has 7 heteroatoms. The van der Waals surface area contributed by atoms with E-state index in [4.69, 9.17) is 9.47 Å². The first-order valence-corrected chi connectivity index (χ1v) is 10.4. The van der Waals surface area contributed by atoms with Crippen molar-refractivity contribution < 1.29 is 9.47 Å². The molecule has 0 atom stereocenters. The van der Waals surface area contributed by atoms with Crippen LogP contribution in [0.2, 0.25) is 0 Å². The third-order valence-corrected chi connectivity index (χ3v) is 4.67. The molecule has 3 aromatic rings. The zero-order chi connectivity index (χ0) is 21.2. The molecule has 0 aliphatic heterocycles. The van der Waals surface area contributed by atoms with Gasteiger partial charge in [0.05, 0.1) is 12.3 Å². The molecule has 3 rings (SSSR count). The van der Waals surface area contributed by atoms with E-state index >= 15 is 0 Å². The number of ether oxygens (including phenoxy) is 2. The van der Waals surface area contributed by atoms with Gasteiger partial charge in [-0.3, -0.25) is 4.99 Å². The van der Waals surface area contributed by atoms with Crippen LogP contribution in [0.4, 0.5) is 0 Å². The lowest BCUT2D eigenvalue weighted by Crippen LogP contribution is -2.38. The van der Waals surface area contributed by atoms with Crippen LogP contribution < -0.4 is 15.4 Å². The van der Waals surface area contributed by atoms with Crippen LogP contribution in [0, 0.1) is 6.92 Å². The van der Waals surface area contributed by atoms with Crippen LogP contribution in [0.1, 0.15) is 23.7 Å². The fourth-order valence-electron chi connectivity index (χ4n) is 3.11. The van der Waals surface area contributed by atoms with E-state index in [1.54, 1.807) is 7.05 Å². The van der Waals surface area contributed by atoms with Crippen LogP contribution in [0.25, 0.3) is 5.65 Å². The van der Waals surface area contributed by atoms with Gasteiger partial charge in [-0.2, -0.15) is 0 Å². The Morgan fingerprint density at radius 2 is 2.07 bits per heavy atom. The van der Waals surface area contributed by atoms with Crippen molar-refractivity contribution in [2.24, 2.45) is 4.99 Å². The molecule has 0 unspecified atom stereocenters. The van der Waals surface area contributed by atoms with Crippen LogP contribution in [0.3, 0.4) is 0 Å². The molecule has 30 heavy (non-hydrogen) atoms. The highest BCUT2D eigenvalue weighted by atomic mass is 16.5. The number of hydrogen-bond acceptors (Lipinski definition) is 4. The van der Waals surface area contributed by atoms with Crippen LogP contribution in [-0.2, 0) is 17.7 Å². The molecule has 2 N–H and O–H groups in total. The molecular weight excluding hydrogens is 378 g/mol. The molecule has 0 aliphatic rings. The molecule has 160 valence electrons. The summed E-state index contributed by atoms with van der Waals surface area (Å²) in [5.74, 6) is 1.63. The molecule has 0 fully saturated rings. The molecule has 0 amide bonds. The van der Waals surface area contributed by atoms with Gasteiger partial charge in [-0.1, -0.05) is 18.2 Å². The summed E-state index contributed by atoms with van der Waals surface area (Å²) < 4.78 is 13.3. The molecule has 0 bridgehead atoms. The predicted molar refractivity (Wildman–Crippen MR) is 120 cm³/mol. The Balaban J connectivity index is 1.50. The molecule has 0 saturated carbocycles. The third kappa shape index (κ3) is 6.22. The summed E-state index contributed by atoms with van der Waals surface area (Å²) in [6.45, 7) is 7.23. The summed E-state index contributed by atoms with van der Waals surface area (Å²) in [5, 5.41) is 6.71. The summed E-state index contributed by atoms with van der Waals surface area (Å²) in [6, 6.07) is 12.2. The van der Waals surface area contributed by atoms with Crippen molar-refractivity contribution in [3.63, 3.8) is 0 Å². The average molecular weight is 410 g/mol. The highest BCUT2D eigenvalue weighted by molar-refractivity contribution is 5.79. The Kier molecular flexibility index (Phi) is 8.09. The minimum atomic E-state index is 0.538. The van der Waals surface area contributed by atoms with Crippen molar-refractivity contribution >= 4 is 11.6 Å². The van der Waals surface area contributed by atoms with Crippen molar-refractivity contribution in [2.75, 3.05) is 33.4 Å². The van der Waals surface area contributed by atoms with E-state index in [0.29, 0.717) is 26.4 Å². The SMILES string of the molecule is CCOCCOc1cc(C)ccc1CNC(=NC)NCCc1cn2ccccc2n1. The highest BCUT2D eigenvalue weighted by Gasteiger charge is 2.07. The molecule has 1 aromatic carbocycles. The molecule has 0 radical (unpaired) electrons. The Labute approximate surface area is 178 Å². The van der Waals surface area contributed by atoms with Crippen molar-refractivity contribution in [2.45, 2.75) is 26.8 Å². The van der Waals surface area contributed by atoms with Crippen LogP contribution >= 0.6 is 0 Å². The molecule has 2 heterocycles. The van der Waals surface area contributed by atoms with Crippen molar-refractivity contribution in [1.82, 2.24) is 20.0 Å². The second-order valence-corrected chi connectivity index (χ2v) is 6.96. The van der Waals surface area contributed by atoms with Gasteiger partial charge in [-0.25, -0.2) is 4.98 Å². The van der Waals surface area contributed by atoms with Gasteiger partial charge >= 0.3 is 0 Å². The molecular formula is C23H31N5O2. The summed E-state index contributed by atoms with van der Waals surface area (Å²) in [6.07, 6.45) is 4.89. The van der Waals surface area contributed by atoms with E-state index in [9.17, 15) is 0 Å². The fourth-order valence-corrected chi connectivity index (χ4v) is 3.11. The van der Waals surface area contributed by atoms with E-state index in [1.807, 2.05) is 35.7 Å². The zero-order valence-corrected chi connectivity index (χ0v) is 18.0. The lowest BCUT2D eigenvalue weighted by atomic mass is 10.1. The van der Waals surface area contributed by atoms with E-state index in [2.05, 4.69) is 51.9 Å². The van der Waals surface area contributed by atoms with Gasteiger partial charge in [0.1, 0.15) is 18.0 Å². The van der Waals surface area contributed by atoms with E-state index in [0.717, 1.165) is 41.6 Å². The summed E-state index contributed by atoms with van der Waals surface area (Å²) in [7, 11) is 1.77. The first kappa shape index (κ1) is 21.6. The molecule has 0 aliphatic carbocycles. The zero-order valence-electron chi connectivity index (χ0n) is 18.0. The van der Waals surface area contributed by atoms with Gasteiger partial charge in [0, 0.05) is 51.1 Å². The molecule has 0 spiro atoms. The standard InChI is InChI=1S/C23H31N5O2/c1-4-29-13-14-30-21-15-18(2)8-9-19(21)16-26-23(24-3)25-11-10-20-17-28-12-6-5-7-22(28)27-20/h5-9,12,15,17H,4,10-11,13-14,16H2,1-3H3,(H2,24,25,26). The molecule has 2 aromatic heterocycles. The van der Waals surface area contributed by atoms with Gasteiger partial charge in [-0.05, 0) is 37.6 Å². The first-order chi connectivity index (χ1) is 14.7. The maximum absolute atomic E-state index is 5.92. The topological polar surface area (TPSA) is 72.2 Å². The normalized spacial score (nSPS) is 11.6. The Hall–Kier alpha value is -3.06. The smallest absolute Gasteiger partial charge is 0.191 e. The Bertz CT molecular complexity index is 934. The summed E-state index contributed by atoms with van der Waals surface area (Å²) >= 11 is 0. The number of rotatable bonds is 10. The average Bonchev–Trinajstić information content (AvgIpc) is 3.17. The minimum Gasteiger partial charge on any atom is -0.491 e. The molecule has 7 nitrogen and oxygen atoms in total. The third-order valence-electron chi connectivity index (χ3n) is 4.67. The second-order valence-electron chi connectivity index (χ2n) is 6.96. The van der Waals surface area contributed by atoms with E-state index in [-0.39, 0.29) is 0 Å². The van der Waals surface area contributed by atoms with Crippen LogP contribution in [0.15, 0.2) is 53.8 Å². The fraction of sp³-hybridized carbons (Fsp3) is 0.391. The van der Waals surface area contributed by atoms with Crippen molar-refractivity contribution in [1.29, 1.82) is 0 Å². The molecule has 0 saturated heterocycles. The highest BCUT2D eigenvalue weighted by Crippen LogP contribution is 2.20. The lowest BCUT2D eigenvalue weighted by Gasteiger charge is -2.15. The summed E-state index contributed by atoms with van der Waals surface area (Å²) in [4.78, 5) is 8.95. The number of nitrogens with one attached hydrogen (secondary N) is 2. The predicted octanol–water partition coefficient (Wildman–Crippen LogP) is 2.97. The number of aromatic nitrogens is 2. The van der Waals surface area contributed by atoms with Gasteiger partial charge < -0.3 is 24.5 Å². The Morgan fingerprint density at radius 3 is 2.87 bits per heavy atom. The van der Waals surface area contributed by atoms with E-state index < -0.39 is 0 Å². The van der Waals surface area contributed by atoms with Crippen LogP contribution in [0.5, 0.6) is 5.75 Å². The number of hydrogen-bond donors (Lipinski definition) is 2. The van der Waals surface area contributed by atoms with Gasteiger partial charge in [0.2, 0.25) is 0 Å². The Morgan fingerprint density at radius 1 is 1.17 bits per heavy atom. The van der Waals surface area contributed by atoms with Gasteiger partial charge in [0.15, 0.2) is 5.96 Å². The second kappa shape index (κ2) is 11.2. The number of imidazole rings is 1. The number of aryl methyl sites for hydroxylation is 1. The number of nitrogens with zero attached hydrogens (tertiary/aromatic N) is 3. The van der Waals surface area contributed by atoms with Crippen LogP contribution in [-0.4, -0.2) is 48.8 Å². The van der Waals surface area contributed by atoms with Crippen molar-refractivity contribution in [3.8, 4) is 5.75 Å². The summed E-state index contributed by atoms with van der Waals surface area (Å²) in [5.41, 5.74) is 4.26. The largest absolute Gasteiger partial charge is 0.491 e. The number of aliphatic imine (C=N–C) groups is 1. The number of benzene rings is 1. The number of pyridine rings is 1. The maximum atomic E-state index is 5.92. The monoisotopic (exact) mass is 409 g/mol. The minimum absolute atomic E-state index is 0.538. The maximum Gasteiger partial charge on any atom is 0.191 e. The lowest BCUT2D eigenvalue weighted by molar-refractivity contribution is 0.110.